The number of carbonyl (C=O) groups excluding carboxylic acids is 1. The summed E-state index contributed by atoms with van der Waals surface area (Å²) < 4.78 is 30.6. The average Bonchev–Trinajstić information content (AvgIpc) is 3.21. The SMILES string of the molecule is CC(c1ccc(-n2cncn2)cc1)N(C)C(=O)Nc1cccc(OC(F)F)c1. The van der Waals surface area contributed by atoms with Crippen LogP contribution in [0.2, 0.25) is 0 Å². The molecule has 7 nitrogen and oxygen atoms in total. The van der Waals surface area contributed by atoms with Gasteiger partial charge in [0.15, 0.2) is 0 Å². The molecule has 3 aromatic rings. The maximum atomic E-state index is 12.5. The van der Waals surface area contributed by atoms with E-state index in [4.69, 9.17) is 0 Å². The first-order valence-corrected chi connectivity index (χ1v) is 8.47. The van der Waals surface area contributed by atoms with E-state index in [-0.39, 0.29) is 17.8 Å². The van der Waals surface area contributed by atoms with Crippen LogP contribution in [0.4, 0.5) is 19.3 Å². The standard InChI is InChI=1S/C19H19F2N5O2/c1-13(14-6-8-16(9-7-14)26-12-22-11-23-26)25(2)19(27)24-15-4-3-5-17(10-15)28-18(20)21/h3-13,18H,1-2H3,(H,24,27). The molecule has 2 aromatic carbocycles. The zero-order valence-corrected chi connectivity index (χ0v) is 15.3. The Morgan fingerprint density at radius 3 is 2.61 bits per heavy atom. The number of hydrogen-bond donors (Lipinski definition) is 1. The van der Waals surface area contributed by atoms with E-state index in [0.717, 1.165) is 11.3 Å². The second-order valence-corrected chi connectivity index (χ2v) is 6.05. The Kier molecular flexibility index (Phi) is 5.83. The first-order chi connectivity index (χ1) is 13.4. The normalized spacial score (nSPS) is 11.9. The molecule has 0 aliphatic heterocycles. The zero-order valence-electron chi connectivity index (χ0n) is 15.3. The molecule has 2 amide bonds. The number of nitrogens with zero attached hydrogens (tertiary/aromatic N) is 4. The van der Waals surface area contributed by atoms with E-state index in [1.165, 1.54) is 29.4 Å². The van der Waals surface area contributed by atoms with Crippen molar-refractivity contribution in [2.24, 2.45) is 0 Å². The zero-order chi connectivity index (χ0) is 20.1. The van der Waals surface area contributed by atoms with Gasteiger partial charge in [-0.15, -0.1) is 0 Å². The number of benzene rings is 2. The summed E-state index contributed by atoms with van der Waals surface area (Å²) in [5.41, 5.74) is 2.15. The van der Waals surface area contributed by atoms with Gasteiger partial charge in [-0.05, 0) is 36.8 Å². The fourth-order valence-corrected chi connectivity index (χ4v) is 2.61. The highest BCUT2D eigenvalue weighted by Gasteiger charge is 2.18. The second-order valence-electron chi connectivity index (χ2n) is 6.05. The van der Waals surface area contributed by atoms with Crippen molar-refractivity contribution >= 4 is 11.7 Å². The van der Waals surface area contributed by atoms with Crippen LogP contribution in [0.25, 0.3) is 5.69 Å². The molecule has 0 fully saturated rings. The van der Waals surface area contributed by atoms with Crippen molar-refractivity contribution in [1.29, 1.82) is 0 Å². The first kappa shape index (κ1) is 19.3. The molecule has 0 radical (unpaired) electrons. The van der Waals surface area contributed by atoms with E-state index in [1.54, 1.807) is 24.1 Å². The Bertz CT molecular complexity index is 916. The number of halogens is 2. The predicted octanol–water partition coefficient (Wildman–Crippen LogP) is 4.09. The molecule has 28 heavy (non-hydrogen) atoms. The summed E-state index contributed by atoms with van der Waals surface area (Å²) in [6.45, 7) is -1.03. The topological polar surface area (TPSA) is 72.3 Å². The molecule has 9 heteroatoms. The molecule has 0 bridgehead atoms. The van der Waals surface area contributed by atoms with Gasteiger partial charge in [-0.1, -0.05) is 18.2 Å². The number of anilines is 1. The number of urea groups is 1. The number of hydrogen-bond acceptors (Lipinski definition) is 4. The lowest BCUT2D eigenvalue weighted by molar-refractivity contribution is -0.0497. The van der Waals surface area contributed by atoms with E-state index in [2.05, 4.69) is 20.1 Å². The number of carbonyl (C=O) groups is 1. The van der Waals surface area contributed by atoms with Gasteiger partial charge in [-0.2, -0.15) is 13.9 Å². The summed E-state index contributed by atoms with van der Waals surface area (Å²) in [4.78, 5) is 17.9. The summed E-state index contributed by atoms with van der Waals surface area (Å²) >= 11 is 0. The third-order valence-corrected chi connectivity index (χ3v) is 4.27. The van der Waals surface area contributed by atoms with Gasteiger partial charge < -0.3 is 15.0 Å². The van der Waals surface area contributed by atoms with Crippen molar-refractivity contribution in [3.63, 3.8) is 0 Å². The Morgan fingerprint density at radius 2 is 1.96 bits per heavy atom. The molecule has 0 saturated heterocycles. The summed E-state index contributed by atoms with van der Waals surface area (Å²) in [7, 11) is 1.66. The third-order valence-electron chi connectivity index (χ3n) is 4.27. The van der Waals surface area contributed by atoms with E-state index < -0.39 is 6.61 Å². The lowest BCUT2D eigenvalue weighted by Crippen LogP contribution is -2.33. The van der Waals surface area contributed by atoms with Gasteiger partial charge in [-0.3, -0.25) is 0 Å². The maximum Gasteiger partial charge on any atom is 0.387 e. The lowest BCUT2D eigenvalue weighted by Gasteiger charge is -2.26. The summed E-state index contributed by atoms with van der Waals surface area (Å²) in [6, 6.07) is 12.9. The second kappa shape index (κ2) is 8.47. The predicted molar refractivity (Wildman–Crippen MR) is 99.6 cm³/mol. The molecule has 1 N–H and O–H groups in total. The van der Waals surface area contributed by atoms with Gasteiger partial charge in [0.05, 0.1) is 11.7 Å². The third kappa shape index (κ3) is 4.61. The molecule has 1 heterocycles. The first-order valence-electron chi connectivity index (χ1n) is 8.47. The van der Waals surface area contributed by atoms with Crippen molar-refractivity contribution in [2.45, 2.75) is 19.6 Å². The molecule has 1 atom stereocenters. The number of amides is 2. The minimum atomic E-state index is -2.92. The lowest BCUT2D eigenvalue weighted by atomic mass is 10.1. The number of nitrogens with one attached hydrogen (secondary N) is 1. The molecular formula is C19H19F2N5O2. The smallest absolute Gasteiger partial charge is 0.387 e. The molecule has 0 saturated carbocycles. The highest BCUT2D eigenvalue weighted by atomic mass is 19.3. The molecule has 0 spiro atoms. The molecule has 1 aromatic heterocycles. The largest absolute Gasteiger partial charge is 0.435 e. The van der Waals surface area contributed by atoms with Crippen molar-refractivity contribution in [2.75, 3.05) is 12.4 Å². The van der Waals surface area contributed by atoms with Gasteiger partial charge in [0.1, 0.15) is 18.4 Å². The van der Waals surface area contributed by atoms with Gasteiger partial charge in [-0.25, -0.2) is 14.5 Å². The molecule has 0 aliphatic rings. The van der Waals surface area contributed by atoms with Crippen LogP contribution in [-0.4, -0.2) is 39.4 Å². The maximum absolute atomic E-state index is 12.5. The molecule has 146 valence electrons. The van der Waals surface area contributed by atoms with E-state index in [9.17, 15) is 13.6 Å². The van der Waals surface area contributed by atoms with Gasteiger partial charge in [0.2, 0.25) is 0 Å². The van der Waals surface area contributed by atoms with Crippen LogP contribution in [0.5, 0.6) is 5.75 Å². The summed E-state index contributed by atoms with van der Waals surface area (Å²) in [6.07, 6.45) is 3.06. The van der Waals surface area contributed by atoms with Crippen LogP contribution >= 0.6 is 0 Å². The van der Waals surface area contributed by atoms with Crippen LogP contribution in [0.15, 0.2) is 61.2 Å². The van der Waals surface area contributed by atoms with E-state index in [1.807, 2.05) is 31.2 Å². The van der Waals surface area contributed by atoms with Crippen LogP contribution in [0, 0.1) is 0 Å². The highest BCUT2D eigenvalue weighted by Crippen LogP contribution is 2.23. The van der Waals surface area contributed by atoms with Crippen LogP contribution in [-0.2, 0) is 0 Å². The minimum Gasteiger partial charge on any atom is -0.435 e. The van der Waals surface area contributed by atoms with Crippen LogP contribution < -0.4 is 10.1 Å². The van der Waals surface area contributed by atoms with Crippen molar-refractivity contribution in [3.8, 4) is 11.4 Å². The Balaban J connectivity index is 1.65. The Hall–Kier alpha value is -3.49. The number of alkyl halides is 2. The van der Waals surface area contributed by atoms with Gasteiger partial charge >= 0.3 is 12.6 Å². The molecular weight excluding hydrogens is 368 g/mol. The highest BCUT2D eigenvalue weighted by molar-refractivity contribution is 5.89. The molecule has 3 rings (SSSR count). The van der Waals surface area contributed by atoms with Crippen molar-refractivity contribution in [3.05, 3.63) is 66.7 Å². The van der Waals surface area contributed by atoms with E-state index in [0.29, 0.717) is 5.69 Å². The van der Waals surface area contributed by atoms with E-state index >= 15 is 0 Å². The summed E-state index contributed by atoms with van der Waals surface area (Å²) in [5, 5.41) is 6.75. The summed E-state index contributed by atoms with van der Waals surface area (Å²) in [5.74, 6) is -0.0211. The molecule has 0 aliphatic carbocycles. The fraction of sp³-hybridized carbons (Fsp3) is 0.211. The molecule has 1 unspecified atom stereocenters. The van der Waals surface area contributed by atoms with Crippen LogP contribution in [0.1, 0.15) is 18.5 Å². The van der Waals surface area contributed by atoms with Gasteiger partial charge in [0, 0.05) is 18.8 Å². The number of ether oxygens (including phenoxy) is 1. The number of rotatable bonds is 6. The van der Waals surface area contributed by atoms with Crippen molar-refractivity contribution in [1.82, 2.24) is 19.7 Å². The minimum absolute atomic E-state index is 0.0211. The van der Waals surface area contributed by atoms with Gasteiger partial charge in [0.25, 0.3) is 0 Å². The Morgan fingerprint density at radius 1 is 1.21 bits per heavy atom. The quantitative estimate of drug-likeness (QED) is 0.691. The van der Waals surface area contributed by atoms with Crippen LogP contribution in [0.3, 0.4) is 0 Å². The fourth-order valence-electron chi connectivity index (χ4n) is 2.61. The monoisotopic (exact) mass is 387 g/mol. The average molecular weight is 387 g/mol. The Labute approximate surface area is 160 Å². The number of aromatic nitrogens is 3. The van der Waals surface area contributed by atoms with Crippen molar-refractivity contribution < 1.29 is 18.3 Å².